The summed E-state index contributed by atoms with van der Waals surface area (Å²) < 4.78 is 5.94. The minimum Gasteiger partial charge on any atom is -0.375 e. The fourth-order valence-corrected chi connectivity index (χ4v) is 2.31. The van der Waals surface area contributed by atoms with Gasteiger partial charge in [-0.25, -0.2) is 5.84 Å². The van der Waals surface area contributed by atoms with Gasteiger partial charge in [0.15, 0.2) is 0 Å². The SMILES string of the molecule is CC1CCCC(OC(C)CCC(=O)NN)C1. The molecule has 0 heterocycles. The zero-order valence-corrected chi connectivity index (χ0v) is 10.4. The quantitative estimate of drug-likeness (QED) is 0.428. The summed E-state index contributed by atoms with van der Waals surface area (Å²) in [5, 5.41) is 0. The molecular formula is C12H24N2O2. The molecule has 4 heteroatoms. The minimum atomic E-state index is -0.118. The van der Waals surface area contributed by atoms with Crippen molar-refractivity contribution in [3.8, 4) is 0 Å². The Labute approximate surface area is 97.9 Å². The lowest BCUT2D eigenvalue weighted by Gasteiger charge is -2.29. The third kappa shape index (κ3) is 4.94. The Morgan fingerprint density at radius 1 is 1.56 bits per heavy atom. The first-order valence-electron chi connectivity index (χ1n) is 6.26. The van der Waals surface area contributed by atoms with Gasteiger partial charge in [0.1, 0.15) is 0 Å². The number of rotatable bonds is 5. The highest BCUT2D eigenvalue weighted by atomic mass is 16.5. The molecular weight excluding hydrogens is 204 g/mol. The van der Waals surface area contributed by atoms with E-state index in [2.05, 4.69) is 12.3 Å². The molecule has 0 radical (unpaired) electrons. The van der Waals surface area contributed by atoms with E-state index in [9.17, 15) is 4.79 Å². The molecule has 0 aromatic heterocycles. The Morgan fingerprint density at radius 3 is 2.94 bits per heavy atom. The maximum Gasteiger partial charge on any atom is 0.233 e. The first kappa shape index (κ1) is 13.5. The maximum atomic E-state index is 11.0. The molecule has 16 heavy (non-hydrogen) atoms. The van der Waals surface area contributed by atoms with Crippen LogP contribution in [-0.2, 0) is 9.53 Å². The first-order chi connectivity index (χ1) is 7.61. The van der Waals surface area contributed by atoms with Gasteiger partial charge in [0.25, 0.3) is 0 Å². The van der Waals surface area contributed by atoms with Crippen LogP contribution in [0.2, 0.25) is 0 Å². The van der Waals surface area contributed by atoms with Crippen LogP contribution in [0, 0.1) is 5.92 Å². The summed E-state index contributed by atoms with van der Waals surface area (Å²) >= 11 is 0. The van der Waals surface area contributed by atoms with E-state index < -0.39 is 0 Å². The molecule has 1 rings (SSSR count). The van der Waals surface area contributed by atoms with Crippen molar-refractivity contribution in [1.29, 1.82) is 0 Å². The molecule has 3 N–H and O–H groups in total. The Kier molecular flexibility index (Phi) is 5.77. The minimum absolute atomic E-state index is 0.118. The zero-order valence-electron chi connectivity index (χ0n) is 10.4. The second-order valence-electron chi connectivity index (χ2n) is 4.95. The van der Waals surface area contributed by atoms with Crippen LogP contribution < -0.4 is 11.3 Å². The van der Waals surface area contributed by atoms with Crippen LogP contribution >= 0.6 is 0 Å². The predicted octanol–water partition coefficient (Wildman–Crippen LogP) is 1.74. The van der Waals surface area contributed by atoms with Crippen molar-refractivity contribution in [1.82, 2.24) is 5.43 Å². The lowest BCUT2D eigenvalue weighted by Crippen LogP contribution is -2.31. The number of ether oxygens (including phenoxy) is 1. The van der Waals surface area contributed by atoms with Gasteiger partial charge in [-0.2, -0.15) is 0 Å². The van der Waals surface area contributed by atoms with Crippen molar-refractivity contribution in [2.45, 2.75) is 64.6 Å². The van der Waals surface area contributed by atoms with E-state index >= 15 is 0 Å². The van der Waals surface area contributed by atoms with Crippen LogP contribution in [0.15, 0.2) is 0 Å². The number of nitrogens with one attached hydrogen (secondary N) is 1. The van der Waals surface area contributed by atoms with Crippen LogP contribution in [0.5, 0.6) is 0 Å². The van der Waals surface area contributed by atoms with E-state index in [-0.39, 0.29) is 12.0 Å². The van der Waals surface area contributed by atoms with Crippen LogP contribution in [0.4, 0.5) is 0 Å². The second-order valence-corrected chi connectivity index (χ2v) is 4.95. The molecule has 0 aromatic carbocycles. The van der Waals surface area contributed by atoms with Crippen molar-refractivity contribution in [3.63, 3.8) is 0 Å². The molecule has 1 aliphatic rings. The summed E-state index contributed by atoms with van der Waals surface area (Å²) in [5.41, 5.74) is 2.14. The molecule has 1 amide bonds. The number of hydrogen-bond donors (Lipinski definition) is 2. The van der Waals surface area contributed by atoms with E-state index in [4.69, 9.17) is 10.6 Å². The normalized spacial score (nSPS) is 27.4. The smallest absolute Gasteiger partial charge is 0.233 e. The van der Waals surface area contributed by atoms with Gasteiger partial charge in [-0.1, -0.05) is 19.8 Å². The molecule has 0 bridgehead atoms. The monoisotopic (exact) mass is 228 g/mol. The van der Waals surface area contributed by atoms with E-state index in [1.165, 1.54) is 12.8 Å². The molecule has 1 saturated carbocycles. The number of carbonyl (C=O) groups excluding carboxylic acids is 1. The summed E-state index contributed by atoms with van der Waals surface area (Å²) in [4.78, 5) is 11.0. The molecule has 3 atom stereocenters. The standard InChI is InChI=1S/C12H24N2O2/c1-9-4-3-5-11(8-9)16-10(2)6-7-12(15)14-13/h9-11H,3-8,13H2,1-2H3,(H,14,15). The number of hydrogen-bond acceptors (Lipinski definition) is 3. The van der Waals surface area contributed by atoms with Crippen molar-refractivity contribution in [3.05, 3.63) is 0 Å². The third-order valence-electron chi connectivity index (χ3n) is 3.25. The fraction of sp³-hybridized carbons (Fsp3) is 0.917. The van der Waals surface area contributed by atoms with Gasteiger partial charge in [-0.15, -0.1) is 0 Å². The average molecular weight is 228 g/mol. The van der Waals surface area contributed by atoms with Crippen molar-refractivity contribution in [2.75, 3.05) is 0 Å². The van der Waals surface area contributed by atoms with Crippen molar-refractivity contribution >= 4 is 5.91 Å². The number of carbonyl (C=O) groups is 1. The lowest BCUT2D eigenvalue weighted by atomic mass is 9.88. The topological polar surface area (TPSA) is 64.3 Å². The highest BCUT2D eigenvalue weighted by Crippen LogP contribution is 2.26. The molecule has 0 saturated heterocycles. The summed E-state index contributed by atoms with van der Waals surface area (Å²) in [6, 6.07) is 0. The highest BCUT2D eigenvalue weighted by molar-refractivity contribution is 5.75. The molecule has 0 aliphatic heterocycles. The number of amides is 1. The summed E-state index contributed by atoms with van der Waals surface area (Å²) in [5.74, 6) is 5.68. The molecule has 4 nitrogen and oxygen atoms in total. The van der Waals surface area contributed by atoms with Gasteiger partial charge in [0.2, 0.25) is 5.91 Å². The largest absolute Gasteiger partial charge is 0.375 e. The predicted molar refractivity (Wildman–Crippen MR) is 63.5 cm³/mol. The van der Waals surface area contributed by atoms with Gasteiger partial charge < -0.3 is 4.74 Å². The Hall–Kier alpha value is -0.610. The van der Waals surface area contributed by atoms with Crippen molar-refractivity contribution in [2.24, 2.45) is 11.8 Å². The molecule has 94 valence electrons. The average Bonchev–Trinajstić information content (AvgIpc) is 2.26. The van der Waals surface area contributed by atoms with Gasteiger partial charge in [0.05, 0.1) is 12.2 Å². The van der Waals surface area contributed by atoms with Gasteiger partial charge in [0, 0.05) is 6.42 Å². The van der Waals surface area contributed by atoms with E-state index in [1.54, 1.807) is 0 Å². The Bertz CT molecular complexity index is 221. The first-order valence-corrected chi connectivity index (χ1v) is 6.26. The number of nitrogens with two attached hydrogens (primary N) is 1. The molecule has 3 unspecified atom stereocenters. The summed E-state index contributed by atoms with van der Waals surface area (Å²) in [6.45, 7) is 4.31. The molecule has 1 fully saturated rings. The summed E-state index contributed by atoms with van der Waals surface area (Å²) in [7, 11) is 0. The molecule has 0 spiro atoms. The fourth-order valence-electron chi connectivity index (χ4n) is 2.31. The van der Waals surface area contributed by atoms with Crippen LogP contribution in [0.1, 0.15) is 52.4 Å². The second kappa shape index (κ2) is 6.86. The zero-order chi connectivity index (χ0) is 12.0. The van der Waals surface area contributed by atoms with Crippen LogP contribution in [-0.4, -0.2) is 18.1 Å². The maximum absolute atomic E-state index is 11.0. The van der Waals surface area contributed by atoms with Crippen LogP contribution in [0.3, 0.4) is 0 Å². The van der Waals surface area contributed by atoms with Gasteiger partial charge in [-0.05, 0) is 32.1 Å². The van der Waals surface area contributed by atoms with E-state index in [1.807, 2.05) is 6.92 Å². The number of hydrazine groups is 1. The van der Waals surface area contributed by atoms with Gasteiger partial charge >= 0.3 is 0 Å². The Balaban J connectivity index is 2.17. The molecule has 1 aliphatic carbocycles. The van der Waals surface area contributed by atoms with Gasteiger partial charge in [-0.3, -0.25) is 10.2 Å². The van der Waals surface area contributed by atoms with E-state index in [0.29, 0.717) is 12.5 Å². The molecule has 0 aromatic rings. The van der Waals surface area contributed by atoms with E-state index in [0.717, 1.165) is 25.2 Å². The Morgan fingerprint density at radius 2 is 2.31 bits per heavy atom. The lowest BCUT2D eigenvalue weighted by molar-refractivity contribution is -0.122. The van der Waals surface area contributed by atoms with Crippen molar-refractivity contribution < 1.29 is 9.53 Å². The highest BCUT2D eigenvalue weighted by Gasteiger charge is 2.21. The third-order valence-corrected chi connectivity index (χ3v) is 3.25. The van der Waals surface area contributed by atoms with Crippen LogP contribution in [0.25, 0.3) is 0 Å². The summed E-state index contributed by atoms with van der Waals surface area (Å²) in [6.07, 6.45) is 6.64.